The van der Waals surface area contributed by atoms with Crippen molar-refractivity contribution in [1.82, 2.24) is 0 Å². The van der Waals surface area contributed by atoms with Gasteiger partial charge in [-0.05, 0) is 84.5 Å². The lowest BCUT2D eigenvalue weighted by molar-refractivity contribution is 0.150. The van der Waals surface area contributed by atoms with Crippen LogP contribution in [0.15, 0.2) is 0 Å². The second kappa shape index (κ2) is 7.75. The number of hydrogen-bond acceptors (Lipinski definition) is 1. The molecule has 2 aliphatic rings. The first-order chi connectivity index (χ1) is 9.88. The maximum absolute atomic E-state index is 2.50. The molecule has 2 saturated carbocycles. The molecule has 0 spiro atoms. The molecule has 2 fully saturated rings. The molecule has 124 valence electrons. The highest BCUT2D eigenvalue weighted by Crippen LogP contribution is 2.42. The molecule has 0 aromatic carbocycles. The summed E-state index contributed by atoms with van der Waals surface area (Å²) in [6, 6.07) is 0. The van der Waals surface area contributed by atoms with Gasteiger partial charge in [0.15, 0.2) is 0 Å². The van der Waals surface area contributed by atoms with Crippen LogP contribution < -0.4 is 0 Å². The summed E-state index contributed by atoms with van der Waals surface area (Å²) in [6.07, 6.45) is 5.85. The van der Waals surface area contributed by atoms with Crippen molar-refractivity contribution in [2.45, 2.75) is 67.2 Å². The predicted molar refractivity (Wildman–Crippen MR) is 97.8 cm³/mol. The van der Waals surface area contributed by atoms with Crippen LogP contribution in [0.3, 0.4) is 0 Å². The minimum absolute atomic E-state index is 0.942. The van der Waals surface area contributed by atoms with Crippen molar-refractivity contribution in [2.75, 3.05) is 11.5 Å². The lowest BCUT2D eigenvalue weighted by Crippen LogP contribution is -2.32. The van der Waals surface area contributed by atoms with Crippen LogP contribution >= 0.6 is 11.8 Å². The summed E-state index contributed by atoms with van der Waals surface area (Å²) in [7, 11) is 0. The first-order valence-electron chi connectivity index (χ1n) is 9.46. The summed E-state index contributed by atoms with van der Waals surface area (Å²) in [5.41, 5.74) is 0. The average molecular weight is 311 g/mol. The zero-order valence-electron chi connectivity index (χ0n) is 15.3. The second-order valence-electron chi connectivity index (χ2n) is 8.93. The predicted octanol–water partition coefficient (Wildman–Crippen LogP) is 6.36. The Labute approximate surface area is 138 Å². The van der Waals surface area contributed by atoms with Crippen molar-refractivity contribution in [1.29, 1.82) is 0 Å². The van der Waals surface area contributed by atoms with E-state index in [-0.39, 0.29) is 0 Å². The van der Waals surface area contributed by atoms with Crippen LogP contribution in [0.2, 0.25) is 0 Å². The van der Waals surface area contributed by atoms with E-state index in [1.54, 1.807) is 0 Å². The number of hydrogen-bond donors (Lipinski definition) is 0. The standard InChI is InChI=1S/C20H38S/c1-13-7-15(3)19(16(4)8-13)11-21-12-20-17(5)9-14(2)10-18(20)6/h13-20H,7-12H2,1-6H3. The smallest absolute Gasteiger partial charge is 0.00339 e. The number of rotatable bonds is 4. The molecule has 4 unspecified atom stereocenters. The minimum Gasteiger partial charge on any atom is -0.161 e. The molecule has 0 N–H and O–H groups in total. The topological polar surface area (TPSA) is 0 Å². The van der Waals surface area contributed by atoms with Crippen LogP contribution in [0.5, 0.6) is 0 Å². The molecule has 0 aliphatic heterocycles. The average Bonchev–Trinajstić information content (AvgIpc) is 2.34. The summed E-state index contributed by atoms with van der Waals surface area (Å²) in [5.74, 6) is 10.5. The summed E-state index contributed by atoms with van der Waals surface area (Å²) in [6.45, 7) is 14.9. The fourth-order valence-electron chi connectivity index (χ4n) is 5.55. The van der Waals surface area contributed by atoms with Crippen LogP contribution in [0.4, 0.5) is 0 Å². The van der Waals surface area contributed by atoms with Gasteiger partial charge in [-0.15, -0.1) is 0 Å². The van der Waals surface area contributed by atoms with Gasteiger partial charge in [-0.2, -0.15) is 11.8 Å². The van der Waals surface area contributed by atoms with E-state index in [9.17, 15) is 0 Å². The molecule has 0 bridgehead atoms. The van der Waals surface area contributed by atoms with Crippen LogP contribution in [-0.4, -0.2) is 11.5 Å². The third kappa shape index (κ3) is 4.66. The van der Waals surface area contributed by atoms with Gasteiger partial charge in [-0.1, -0.05) is 41.5 Å². The summed E-state index contributed by atoms with van der Waals surface area (Å²) in [4.78, 5) is 0. The van der Waals surface area contributed by atoms with E-state index in [1.807, 2.05) is 0 Å². The fraction of sp³-hybridized carbons (Fsp3) is 1.00. The lowest BCUT2D eigenvalue weighted by Gasteiger charge is -2.40. The molecule has 1 heteroatoms. The second-order valence-corrected chi connectivity index (χ2v) is 10.0. The van der Waals surface area contributed by atoms with E-state index in [1.165, 1.54) is 37.2 Å². The molecule has 21 heavy (non-hydrogen) atoms. The zero-order valence-corrected chi connectivity index (χ0v) is 16.1. The first-order valence-corrected chi connectivity index (χ1v) is 10.6. The van der Waals surface area contributed by atoms with Gasteiger partial charge in [0.25, 0.3) is 0 Å². The Balaban J connectivity index is 1.78. The van der Waals surface area contributed by atoms with Crippen molar-refractivity contribution >= 4 is 11.8 Å². The molecule has 2 aliphatic carbocycles. The van der Waals surface area contributed by atoms with Crippen molar-refractivity contribution in [2.24, 2.45) is 47.3 Å². The highest BCUT2D eigenvalue weighted by atomic mass is 32.2. The molecule has 0 heterocycles. The molecule has 0 nitrogen and oxygen atoms in total. The van der Waals surface area contributed by atoms with Gasteiger partial charge in [0, 0.05) is 0 Å². The Kier molecular flexibility index (Phi) is 6.53. The maximum atomic E-state index is 2.50. The molecule has 0 radical (unpaired) electrons. The van der Waals surface area contributed by atoms with E-state index in [0.29, 0.717) is 0 Å². The van der Waals surface area contributed by atoms with E-state index < -0.39 is 0 Å². The molecular weight excluding hydrogens is 272 g/mol. The van der Waals surface area contributed by atoms with Crippen molar-refractivity contribution in [3.05, 3.63) is 0 Å². The van der Waals surface area contributed by atoms with Crippen LogP contribution in [0, 0.1) is 47.3 Å². The lowest BCUT2D eigenvalue weighted by atomic mass is 9.70. The van der Waals surface area contributed by atoms with E-state index in [0.717, 1.165) is 47.3 Å². The third-order valence-electron chi connectivity index (χ3n) is 6.64. The molecule has 2 rings (SSSR count). The molecule has 0 aromatic rings. The highest BCUT2D eigenvalue weighted by molar-refractivity contribution is 7.99. The van der Waals surface area contributed by atoms with Gasteiger partial charge in [-0.3, -0.25) is 0 Å². The molecule has 0 amide bonds. The van der Waals surface area contributed by atoms with Crippen molar-refractivity contribution in [3.63, 3.8) is 0 Å². The highest BCUT2D eigenvalue weighted by Gasteiger charge is 2.33. The first kappa shape index (κ1) is 17.7. The zero-order chi connectivity index (χ0) is 15.6. The van der Waals surface area contributed by atoms with Crippen LogP contribution in [-0.2, 0) is 0 Å². The largest absolute Gasteiger partial charge is 0.161 e. The van der Waals surface area contributed by atoms with Crippen LogP contribution in [0.25, 0.3) is 0 Å². The Morgan fingerprint density at radius 3 is 1.14 bits per heavy atom. The fourth-order valence-corrected chi connectivity index (χ4v) is 7.54. The van der Waals surface area contributed by atoms with Crippen molar-refractivity contribution < 1.29 is 0 Å². The number of thioether (sulfide) groups is 1. The van der Waals surface area contributed by atoms with Gasteiger partial charge in [0.2, 0.25) is 0 Å². The normalized spacial score (nSPS) is 48.3. The third-order valence-corrected chi connectivity index (χ3v) is 7.88. The van der Waals surface area contributed by atoms with Gasteiger partial charge < -0.3 is 0 Å². The quantitative estimate of drug-likeness (QED) is 0.582. The Hall–Kier alpha value is 0.350. The summed E-state index contributed by atoms with van der Waals surface area (Å²) >= 11 is 2.28. The van der Waals surface area contributed by atoms with Crippen molar-refractivity contribution in [3.8, 4) is 0 Å². The Bertz CT molecular complexity index is 259. The van der Waals surface area contributed by atoms with E-state index >= 15 is 0 Å². The Morgan fingerprint density at radius 1 is 0.571 bits per heavy atom. The summed E-state index contributed by atoms with van der Waals surface area (Å²) < 4.78 is 0. The maximum Gasteiger partial charge on any atom is -0.00339 e. The molecule has 0 saturated heterocycles. The summed E-state index contributed by atoms with van der Waals surface area (Å²) in [5, 5.41) is 0. The Morgan fingerprint density at radius 2 is 0.857 bits per heavy atom. The van der Waals surface area contributed by atoms with Gasteiger partial charge >= 0.3 is 0 Å². The van der Waals surface area contributed by atoms with Crippen LogP contribution in [0.1, 0.15) is 67.2 Å². The van der Waals surface area contributed by atoms with E-state index in [2.05, 4.69) is 53.3 Å². The molecular formula is C20H38S. The van der Waals surface area contributed by atoms with Gasteiger partial charge in [-0.25, -0.2) is 0 Å². The van der Waals surface area contributed by atoms with Gasteiger partial charge in [0.1, 0.15) is 0 Å². The van der Waals surface area contributed by atoms with E-state index in [4.69, 9.17) is 0 Å². The SMILES string of the molecule is CC1CC(C)C(CSCC2C(C)CC(C)CC2C)C(C)C1. The molecule has 4 atom stereocenters. The molecule has 0 aromatic heterocycles. The monoisotopic (exact) mass is 310 g/mol. The van der Waals surface area contributed by atoms with Gasteiger partial charge in [0.05, 0.1) is 0 Å². The minimum atomic E-state index is 0.942.